The first-order chi connectivity index (χ1) is 11.8. The third kappa shape index (κ3) is 6.66. The van der Waals surface area contributed by atoms with E-state index in [1.165, 1.54) is 29.7 Å². The van der Waals surface area contributed by atoms with Crippen molar-refractivity contribution in [3.8, 4) is 0 Å². The fourth-order valence-electron chi connectivity index (χ4n) is 2.41. The molecule has 0 unspecified atom stereocenters. The van der Waals surface area contributed by atoms with Crippen LogP contribution in [0.5, 0.6) is 0 Å². The maximum absolute atomic E-state index is 4.28. The van der Waals surface area contributed by atoms with Gasteiger partial charge in [0, 0.05) is 39.1 Å². The molecule has 0 aliphatic rings. The van der Waals surface area contributed by atoms with E-state index in [-0.39, 0.29) is 0 Å². The second kappa shape index (κ2) is 10.8. The SMILES string of the molecule is CN=C(NCCCCSC)NCc1cccc(Cn2ccnc2)c1. The molecule has 0 fully saturated rings. The monoisotopic (exact) mass is 345 g/mol. The van der Waals surface area contributed by atoms with E-state index in [1.54, 1.807) is 6.20 Å². The van der Waals surface area contributed by atoms with Crippen molar-refractivity contribution in [2.75, 3.05) is 25.6 Å². The number of rotatable bonds is 9. The van der Waals surface area contributed by atoms with Gasteiger partial charge < -0.3 is 15.2 Å². The Bertz CT molecular complexity index is 610. The summed E-state index contributed by atoms with van der Waals surface area (Å²) in [5, 5.41) is 6.74. The molecule has 0 amide bonds. The number of guanidine groups is 1. The van der Waals surface area contributed by atoms with Crippen LogP contribution in [-0.2, 0) is 13.1 Å². The number of nitrogens with zero attached hydrogens (tertiary/aromatic N) is 3. The van der Waals surface area contributed by atoms with E-state index in [0.717, 1.165) is 25.6 Å². The number of hydrogen-bond acceptors (Lipinski definition) is 3. The van der Waals surface area contributed by atoms with Crippen LogP contribution in [-0.4, -0.2) is 41.1 Å². The second-order valence-electron chi connectivity index (χ2n) is 5.61. The molecule has 1 aromatic heterocycles. The van der Waals surface area contributed by atoms with Gasteiger partial charge in [0.1, 0.15) is 0 Å². The molecule has 1 heterocycles. The van der Waals surface area contributed by atoms with Crippen molar-refractivity contribution in [2.45, 2.75) is 25.9 Å². The van der Waals surface area contributed by atoms with E-state index in [2.05, 4.69) is 55.7 Å². The average Bonchev–Trinajstić information content (AvgIpc) is 3.11. The van der Waals surface area contributed by atoms with Gasteiger partial charge in [-0.15, -0.1) is 0 Å². The normalized spacial score (nSPS) is 11.5. The first-order valence-corrected chi connectivity index (χ1v) is 9.68. The van der Waals surface area contributed by atoms with Crippen molar-refractivity contribution in [3.63, 3.8) is 0 Å². The number of thioether (sulfide) groups is 1. The quantitative estimate of drug-likeness (QED) is 0.417. The zero-order valence-electron chi connectivity index (χ0n) is 14.5. The van der Waals surface area contributed by atoms with Crippen LogP contribution in [0.25, 0.3) is 0 Å². The van der Waals surface area contributed by atoms with Gasteiger partial charge in [0.15, 0.2) is 5.96 Å². The summed E-state index contributed by atoms with van der Waals surface area (Å²) in [7, 11) is 1.81. The minimum Gasteiger partial charge on any atom is -0.356 e. The standard InChI is InChI=1S/C18H27N5S/c1-19-18(21-8-3-4-11-24-2)22-13-16-6-5-7-17(12-16)14-23-10-9-20-15-23/h5-7,9-10,12,15H,3-4,8,11,13-14H2,1-2H3,(H2,19,21,22). The molecule has 0 aliphatic heterocycles. The van der Waals surface area contributed by atoms with Crippen molar-refractivity contribution in [2.24, 2.45) is 4.99 Å². The molecule has 2 N–H and O–H groups in total. The molecule has 0 radical (unpaired) electrons. The number of imidazole rings is 1. The summed E-state index contributed by atoms with van der Waals surface area (Å²) in [4.78, 5) is 8.36. The lowest BCUT2D eigenvalue weighted by atomic mass is 10.1. The average molecular weight is 346 g/mol. The molecule has 6 heteroatoms. The molecule has 0 bridgehead atoms. The van der Waals surface area contributed by atoms with Gasteiger partial charge in [0.2, 0.25) is 0 Å². The van der Waals surface area contributed by atoms with Crippen molar-refractivity contribution in [1.29, 1.82) is 0 Å². The first kappa shape index (κ1) is 18.4. The molecule has 0 saturated heterocycles. The highest BCUT2D eigenvalue weighted by Crippen LogP contribution is 2.07. The number of aliphatic imine (C=N–C) groups is 1. The summed E-state index contributed by atoms with van der Waals surface area (Å²) in [5.41, 5.74) is 2.52. The number of hydrogen-bond donors (Lipinski definition) is 2. The molecular formula is C18H27N5S. The Morgan fingerprint density at radius 3 is 2.88 bits per heavy atom. The van der Waals surface area contributed by atoms with E-state index >= 15 is 0 Å². The molecule has 0 aliphatic carbocycles. The lowest BCUT2D eigenvalue weighted by Crippen LogP contribution is -2.37. The van der Waals surface area contributed by atoms with Gasteiger partial charge in [-0.2, -0.15) is 11.8 Å². The maximum Gasteiger partial charge on any atom is 0.191 e. The van der Waals surface area contributed by atoms with Crippen LogP contribution in [0.1, 0.15) is 24.0 Å². The van der Waals surface area contributed by atoms with E-state index in [9.17, 15) is 0 Å². The molecular weight excluding hydrogens is 318 g/mol. The summed E-state index contributed by atoms with van der Waals surface area (Å²) in [6, 6.07) is 8.60. The Morgan fingerprint density at radius 1 is 1.25 bits per heavy atom. The highest BCUT2D eigenvalue weighted by atomic mass is 32.2. The van der Waals surface area contributed by atoms with Gasteiger partial charge in [-0.05, 0) is 36.0 Å². The first-order valence-electron chi connectivity index (χ1n) is 8.29. The predicted molar refractivity (Wildman–Crippen MR) is 104 cm³/mol. The number of unbranched alkanes of at least 4 members (excludes halogenated alkanes) is 1. The van der Waals surface area contributed by atoms with Crippen LogP contribution in [0.4, 0.5) is 0 Å². The molecule has 0 saturated carbocycles. The fourth-order valence-corrected chi connectivity index (χ4v) is 2.91. The largest absolute Gasteiger partial charge is 0.356 e. The summed E-state index contributed by atoms with van der Waals surface area (Å²) in [6.45, 7) is 2.57. The topological polar surface area (TPSA) is 54.2 Å². The number of benzene rings is 1. The van der Waals surface area contributed by atoms with Crippen molar-refractivity contribution in [3.05, 3.63) is 54.1 Å². The number of nitrogens with one attached hydrogen (secondary N) is 2. The molecule has 2 aromatic rings. The van der Waals surface area contributed by atoms with Crippen LogP contribution in [0.3, 0.4) is 0 Å². The smallest absolute Gasteiger partial charge is 0.191 e. The van der Waals surface area contributed by atoms with E-state index in [4.69, 9.17) is 0 Å². The number of aromatic nitrogens is 2. The minimum atomic E-state index is 0.766. The molecule has 2 rings (SSSR count). The predicted octanol–water partition coefficient (Wildman–Crippen LogP) is 2.74. The maximum atomic E-state index is 4.28. The molecule has 130 valence electrons. The Morgan fingerprint density at radius 2 is 2.12 bits per heavy atom. The Balaban J connectivity index is 1.78. The van der Waals surface area contributed by atoms with Gasteiger partial charge in [-0.1, -0.05) is 24.3 Å². The molecule has 1 aromatic carbocycles. The van der Waals surface area contributed by atoms with Gasteiger partial charge in [-0.3, -0.25) is 4.99 Å². The zero-order chi connectivity index (χ0) is 17.0. The highest BCUT2D eigenvalue weighted by molar-refractivity contribution is 7.98. The lowest BCUT2D eigenvalue weighted by Gasteiger charge is -2.12. The highest BCUT2D eigenvalue weighted by Gasteiger charge is 2.00. The third-order valence-corrected chi connectivity index (χ3v) is 4.36. The Kier molecular flexibility index (Phi) is 8.24. The summed E-state index contributed by atoms with van der Waals surface area (Å²) in [5.74, 6) is 2.08. The van der Waals surface area contributed by atoms with E-state index in [1.807, 2.05) is 31.3 Å². The zero-order valence-corrected chi connectivity index (χ0v) is 15.4. The summed E-state index contributed by atoms with van der Waals surface area (Å²) in [6.07, 6.45) is 10.2. The van der Waals surface area contributed by atoms with Crippen molar-refractivity contribution in [1.82, 2.24) is 20.2 Å². The van der Waals surface area contributed by atoms with Crippen LogP contribution in [0, 0.1) is 0 Å². The van der Waals surface area contributed by atoms with Crippen molar-refractivity contribution < 1.29 is 0 Å². The Labute approximate surface area is 149 Å². The van der Waals surface area contributed by atoms with E-state index in [0.29, 0.717) is 0 Å². The van der Waals surface area contributed by atoms with Crippen LogP contribution in [0.2, 0.25) is 0 Å². The molecule has 0 spiro atoms. The van der Waals surface area contributed by atoms with Gasteiger partial charge in [0.25, 0.3) is 0 Å². The fraction of sp³-hybridized carbons (Fsp3) is 0.444. The third-order valence-electron chi connectivity index (χ3n) is 3.67. The second-order valence-corrected chi connectivity index (χ2v) is 6.59. The lowest BCUT2D eigenvalue weighted by molar-refractivity contribution is 0.732. The Hall–Kier alpha value is -1.95. The summed E-state index contributed by atoms with van der Waals surface area (Å²) < 4.78 is 2.07. The molecule has 5 nitrogen and oxygen atoms in total. The van der Waals surface area contributed by atoms with Gasteiger partial charge in [0.05, 0.1) is 6.33 Å². The van der Waals surface area contributed by atoms with Crippen LogP contribution < -0.4 is 10.6 Å². The molecule has 24 heavy (non-hydrogen) atoms. The van der Waals surface area contributed by atoms with E-state index < -0.39 is 0 Å². The van der Waals surface area contributed by atoms with Gasteiger partial charge in [-0.25, -0.2) is 4.98 Å². The minimum absolute atomic E-state index is 0.766. The molecule has 0 atom stereocenters. The van der Waals surface area contributed by atoms with Crippen molar-refractivity contribution >= 4 is 17.7 Å². The summed E-state index contributed by atoms with van der Waals surface area (Å²) >= 11 is 1.90. The van der Waals surface area contributed by atoms with Crippen LogP contribution in [0.15, 0.2) is 48.0 Å². The van der Waals surface area contributed by atoms with Crippen LogP contribution >= 0.6 is 11.8 Å². The van der Waals surface area contributed by atoms with Gasteiger partial charge >= 0.3 is 0 Å².